The summed E-state index contributed by atoms with van der Waals surface area (Å²) in [5.74, 6) is 0.735. The second-order valence-electron chi connectivity index (χ2n) is 5.21. The van der Waals surface area contributed by atoms with Crippen LogP contribution in [0.5, 0.6) is 0 Å². The van der Waals surface area contributed by atoms with Crippen LogP contribution in [-0.2, 0) is 6.54 Å². The van der Waals surface area contributed by atoms with Crippen molar-refractivity contribution in [1.82, 2.24) is 25.1 Å². The Hall–Kier alpha value is -2.58. The van der Waals surface area contributed by atoms with Crippen molar-refractivity contribution in [2.24, 2.45) is 0 Å². The molecule has 0 bridgehead atoms. The van der Waals surface area contributed by atoms with E-state index in [1.807, 2.05) is 48.7 Å². The fourth-order valence-corrected chi connectivity index (χ4v) is 3.80. The van der Waals surface area contributed by atoms with Crippen LogP contribution in [0.25, 0.3) is 15.5 Å². The van der Waals surface area contributed by atoms with Gasteiger partial charge in [0.05, 0.1) is 4.88 Å². The summed E-state index contributed by atoms with van der Waals surface area (Å²) < 4.78 is 1.75. The van der Waals surface area contributed by atoms with E-state index in [9.17, 15) is 4.79 Å². The summed E-state index contributed by atoms with van der Waals surface area (Å²) in [6.45, 7) is 2.38. The van der Waals surface area contributed by atoms with E-state index in [0.717, 1.165) is 31.8 Å². The molecule has 3 heterocycles. The summed E-state index contributed by atoms with van der Waals surface area (Å²) in [5, 5.41) is 18.3. The van der Waals surface area contributed by atoms with Gasteiger partial charge in [0, 0.05) is 12.1 Å². The van der Waals surface area contributed by atoms with Crippen molar-refractivity contribution >= 4 is 33.5 Å². The number of aryl methyl sites for hydroxylation is 1. The molecule has 0 aliphatic carbocycles. The van der Waals surface area contributed by atoms with Crippen LogP contribution in [0.1, 0.15) is 21.1 Å². The molecule has 1 N–H and O–H groups in total. The van der Waals surface area contributed by atoms with Crippen LogP contribution in [0.4, 0.5) is 0 Å². The zero-order valence-corrected chi connectivity index (χ0v) is 14.4. The first-order valence-electron chi connectivity index (χ1n) is 7.30. The lowest BCUT2D eigenvalue weighted by molar-refractivity contribution is 0.0955. The molecule has 0 saturated carbocycles. The number of nitrogens with zero attached hydrogens (tertiary/aromatic N) is 4. The molecule has 24 heavy (non-hydrogen) atoms. The van der Waals surface area contributed by atoms with E-state index >= 15 is 0 Å². The van der Waals surface area contributed by atoms with Crippen LogP contribution in [0.15, 0.2) is 41.8 Å². The summed E-state index contributed by atoms with van der Waals surface area (Å²) >= 11 is 2.94. The van der Waals surface area contributed by atoms with Crippen molar-refractivity contribution in [2.75, 3.05) is 0 Å². The average molecular weight is 355 g/mol. The molecule has 120 valence electrons. The van der Waals surface area contributed by atoms with Crippen LogP contribution in [-0.4, -0.2) is 25.7 Å². The highest BCUT2D eigenvalue weighted by Gasteiger charge is 2.10. The smallest absolute Gasteiger partial charge is 0.261 e. The number of rotatable bonds is 4. The fourth-order valence-electron chi connectivity index (χ4n) is 2.27. The van der Waals surface area contributed by atoms with Gasteiger partial charge in [-0.2, -0.15) is 9.61 Å². The number of thiophene rings is 1. The Balaban J connectivity index is 1.47. The van der Waals surface area contributed by atoms with Gasteiger partial charge in [-0.1, -0.05) is 41.7 Å². The van der Waals surface area contributed by atoms with Crippen LogP contribution in [0.2, 0.25) is 0 Å². The second-order valence-corrected chi connectivity index (χ2v) is 7.11. The van der Waals surface area contributed by atoms with Crippen molar-refractivity contribution in [3.05, 3.63) is 58.0 Å². The van der Waals surface area contributed by atoms with Gasteiger partial charge in [0.15, 0.2) is 5.82 Å². The van der Waals surface area contributed by atoms with Crippen molar-refractivity contribution in [2.45, 2.75) is 13.5 Å². The molecule has 1 amide bonds. The zero-order valence-electron chi connectivity index (χ0n) is 12.8. The van der Waals surface area contributed by atoms with Crippen molar-refractivity contribution < 1.29 is 4.79 Å². The van der Waals surface area contributed by atoms with Gasteiger partial charge in [-0.15, -0.1) is 21.5 Å². The van der Waals surface area contributed by atoms with E-state index in [4.69, 9.17) is 0 Å². The summed E-state index contributed by atoms with van der Waals surface area (Å²) in [6.07, 6.45) is 0. The predicted molar refractivity (Wildman–Crippen MR) is 94.3 cm³/mol. The molecule has 0 radical (unpaired) electrons. The minimum absolute atomic E-state index is 0.0433. The molecule has 4 aromatic rings. The number of carbonyl (C=O) groups excluding carboxylic acids is 1. The monoisotopic (exact) mass is 355 g/mol. The lowest BCUT2D eigenvalue weighted by Crippen LogP contribution is -2.21. The Morgan fingerprint density at radius 1 is 1.21 bits per heavy atom. The summed E-state index contributed by atoms with van der Waals surface area (Å²) in [7, 11) is 0. The van der Waals surface area contributed by atoms with Gasteiger partial charge in [-0.3, -0.25) is 4.79 Å². The molecule has 0 aliphatic heterocycles. The van der Waals surface area contributed by atoms with E-state index in [-0.39, 0.29) is 5.91 Å². The van der Waals surface area contributed by atoms with Crippen LogP contribution in [0.3, 0.4) is 0 Å². The zero-order chi connectivity index (χ0) is 16.5. The van der Waals surface area contributed by atoms with E-state index in [1.54, 1.807) is 4.52 Å². The first-order chi connectivity index (χ1) is 11.7. The van der Waals surface area contributed by atoms with Crippen molar-refractivity contribution in [3.8, 4) is 10.6 Å². The number of carbonyl (C=O) groups is 1. The first kappa shape index (κ1) is 15.0. The maximum atomic E-state index is 11.9. The van der Waals surface area contributed by atoms with Gasteiger partial charge >= 0.3 is 0 Å². The summed E-state index contributed by atoms with van der Waals surface area (Å²) in [6, 6.07) is 11.7. The summed E-state index contributed by atoms with van der Waals surface area (Å²) in [5.41, 5.74) is 2.07. The normalized spacial score (nSPS) is 11.0. The topological polar surface area (TPSA) is 72.2 Å². The van der Waals surface area contributed by atoms with Gasteiger partial charge in [-0.25, -0.2) is 0 Å². The fraction of sp³-hybridized carbons (Fsp3) is 0.125. The third-order valence-corrected chi connectivity index (χ3v) is 5.36. The predicted octanol–water partition coefficient (Wildman–Crippen LogP) is 3.15. The lowest BCUT2D eigenvalue weighted by Gasteiger charge is -2.04. The highest BCUT2D eigenvalue weighted by molar-refractivity contribution is 7.19. The number of nitrogens with one attached hydrogen (secondary N) is 1. The molecule has 1 aromatic carbocycles. The molecule has 0 saturated heterocycles. The minimum atomic E-state index is -0.0433. The molecule has 0 unspecified atom stereocenters. The third kappa shape index (κ3) is 2.81. The number of hydrogen-bond donors (Lipinski definition) is 1. The number of benzene rings is 1. The number of aromatic nitrogens is 4. The largest absolute Gasteiger partial charge is 0.347 e. The van der Waals surface area contributed by atoms with E-state index in [0.29, 0.717) is 6.54 Å². The molecule has 0 spiro atoms. The van der Waals surface area contributed by atoms with Gasteiger partial charge in [0.1, 0.15) is 5.01 Å². The maximum absolute atomic E-state index is 11.9. The highest BCUT2D eigenvalue weighted by Crippen LogP contribution is 2.25. The Morgan fingerprint density at radius 2 is 2.04 bits per heavy atom. The Labute approximate surface area is 145 Å². The van der Waals surface area contributed by atoms with Crippen molar-refractivity contribution in [1.29, 1.82) is 0 Å². The third-order valence-electron chi connectivity index (χ3n) is 3.55. The van der Waals surface area contributed by atoms with Crippen molar-refractivity contribution in [3.63, 3.8) is 0 Å². The SMILES string of the molecule is Cc1nnc2sc(-c3ccc(CNC(=O)c4cccs4)cc3)nn12. The average Bonchev–Trinajstić information content (AvgIpc) is 3.32. The molecule has 0 aliphatic rings. The Morgan fingerprint density at radius 3 is 2.75 bits per heavy atom. The Bertz CT molecular complexity index is 986. The number of amides is 1. The number of hydrogen-bond acceptors (Lipinski definition) is 6. The molecular formula is C16H13N5OS2. The standard InChI is InChI=1S/C16H13N5OS2/c1-10-18-19-16-21(10)20-15(24-16)12-6-4-11(5-7-12)9-17-14(22)13-3-2-8-23-13/h2-8H,9H2,1H3,(H,17,22). The molecule has 4 rings (SSSR count). The first-order valence-corrected chi connectivity index (χ1v) is 9.00. The molecule has 0 fully saturated rings. The minimum Gasteiger partial charge on any atom is -0.347 e. The van der Waals surface area contributed by atoms with Gasteiger partial charge in [-0.05, 0) is 23.9 Å². The molecule has 6 nitrogen and oxygen atoms in total. The highest BCUT2D eigenvalue weighted by atomic mass is 32.1. The Kier molecular flexibility index (Phi) is 3.83. The van der Waals surface area contributed by atoms with Gasteiger partial charge in [0.2, 0.25) is 4.96 Å². The van der Waals surface area contributed by atoms with Crippen LogP contribution >= 0.6 is 22.7 Å². The quantitative estimate of drug-likeness (QED) is 0.610. The molecule has 3 aromatic heterocycles. The van der Waals surface area contributed by atoms with Crippen LogP contribution < -0.4 is 5.32 Å². The maximum Gasteiger partial charge on any atom is 0.261 e. The van der Waals surface area contributed by atoms with Crippen LogP contribution in [0, 0.1) is 6.92 Å². The molecule has 8 heteroatoms. The van der Waals surface area contributed by atoms with E-state index < -0.39 is 0 Å². The lowest BCUT2D eigenvalue weighted by atomic mass is 10.1. The molecule has 0 atom stereocenters. The van der Waals surface area contributed by atoms with E-state index in [1.165, 1.54) is 22.7 Å². The summed E-state index contributed by atoms with van der Waals surface area (Å²) in [4.78, 5) is 13.5. The second kappa shape index (κ2) is 6.14. The van der Waals surface area contributed by atoms with Gasteiger partial charge in [0.25, 0.3) is 5.91 Å². The number of fused-ring (bicyclic) bond motifs is 1. The van der Waals surface area contributed by atoms with E-state index in [2.05, 4.69) is 20.6 Å². The van der Waals surface area contributed by atoms with Gasteiger partial charge < -0.3 is 5.32 Å². The molecular weight excluding hydrogens is 342 g/mol.